The summed E-state index contributed by atoms with van der Waals surface area (Å²) in [7, 11) is 0. The number of aromatic carboxylic acids is 1. The molecule has 1 fully saturated rings. The zero-order valence-corrected chi connectivity index (χ0v) is 15.4. The molecule has 0 atom stereocenters. The Morgan fingerprint density at radius 1 is 1.14 bits per heavy atom. The molecule has 0 saturated carbocycles. The number of carbonyl (C=O) groups excluding carboxylic acids is 1. The van der Waals surface area contributed by atoms with Crippen LogP contribution in [0.4, 0.5) is 4.39 Å². The lowest BCUT2D eigenvalue weighted by molar-refractivity contribution is 0.0683. The van der Waals surface area contributed by atoms with Crippen molar-refractivity contribution in [3.8, 4) is 11.3 Å². The molecular formula is C20H19FN4O3. The van der Waals surface area contributed by atoms with Crippen LogP contribution in [0.1, 0.15) is 45.7 Å². The highest BCUT2D eigenvalue weighted by molar-refractivity contribution is 6.01. The Labute approximate surface area is 160 Å². The first kappa shape index (κ1) is 18.1. The summed E-state index contributed by atoms with van der Waals surface area (Å²) in [5.41, 5.74) is 1.63. The molecule has 8 heteroatoms. The number of amides is 1. The van der Waals surface area contributed by atoms with E-state index in [4.69, 9.17) is 5.11 Å². The number of rotatable bonds is 3. The fourth-order valence-corrected chi connectivity index (χ4v) is 3.63. The Morgan fingerprint density at radius 2 is 1.89 bits per heavy atom. The van der Waals surface area contributed by atoms with Gasteiger partial charge in [0.2, 0.25) is 0 Å². The molecule has 1 aliphatic heterocycles. The first-order valence-corrected chi connectivity index (χ1v) is 9.14. The molecule has 0 unspecified atom stereocenters. The van der Waals surface area contributed by atoms with Crippen molar-refractivity contribution < 1.29 is 19.1 Å². The number of fused-ring (bicyclic) bond motifs is 1. The van der Waals surface area contributed by atoms with Gasteiger partial charge < -0.3 is 10.0 Å². The number of carbonyl (C=O) groups is 2. The molecule has 1 aliphatic rings. The van der Waals surface area contributed by atoms with Crippen molar-refractivity contribution in [3.05, 3.63) is 53.2 Å². The predicted molar refractivity (Wildman–Crippen MR) is 99.8 cm³/mol. The SMILES string of the molecule is Cc1c(-c2cccc3c(C(=O)N4CCCCC4)cnn23)cnc(C(=O)O)c1F. The van der Waals surface area contributed by atoms with E-state index in [2.05, 4.69) is 10.1 Å². The smallest absolute Gasteiger partial charge is 0.357 e. The third kappa shape index (κ3) is 2.90. The zero-order chi connectivity index (χ0) is 19.8. The summed E-state index contributed by atoms with van der Waals surface area (Å²) in [4.78, 5) is 29.6. The van der Waals surface area contributed by atoms with E-state index in [-0.39, 0.29) is 11.5 Å². The third-order valence-electron chi connectivity index (χ3n) is 5.16. The minimum absolute atomic E-state index is 0.0610. The molecule has 4 rings (SSSR count). The van der Waals surface area contributed by atoms with Crippen LogP contribution in [0, 0.1) is 12.7 Å². The number of carboxylic acids is 1. The predicted octanol–water partition coefficient (Wildman–Crippen LogP) is 3.17. The second-order valence-electron chi connectivity index (χ2n) is 6.88. The molecule has 1 saturated heterocycles. The summed E-state index contributed by atoms with van der Waals surface area (Å²) in [6, 6.07) is 5.29. The summed E-state index contributed by atoms with van der Waals surface area (Å²) in [5, 5.41) is 13.4. The van der Waals surface area contributed by atoms with Gasteiger partial charge in [0.1, 0.15) is 0 Å². The molecule has 4 heterocycles. The van der Waals surface area contributed by atoms with Gasteiger partial charge in [-0.1, -0.05) is 6.07 Å². The topological polar surface area (TPSA) is 87.8 Å². The molecule has 0 spiro atoms. The average Bonchev–Trinajstić information content (AvgIpc) is 3.14. The minimum atomic E-state index is -1.42. The molecule has 7 nitrogen and oxygen atoms in total. The number of pyridine rings is 2. The highest BCUT2D eigenvalue weighted by Crippen LogP contribution is 2.28. The molecule has 1 amide bonds. The Balaban J connectivity index is 1.80. The van der Waals surface area contributed by atoms with Gasteiger partial charge in [0.15, 0.2) is 11.5 Å². The number of aromatic nitrogens is 3. The molecule has 0 aromatic carbocycles. The van der Waals surface area contributed by atoms with E-state index in [1.54, 1.807) is 22.7 Å². The van der Waals surface area contributed by atoms with E-state index in [1.165, 1.54) is 19.3 Å². The van der Waals surface area contributed by atoms with Crippen LogP contribution in [-0.4, -0.2) is 49.6 Å². The number of likely N-dealkylation sites (tertiary alicyclic amines) is 1. The first-order valence-electron chi connectivity index (χ1n) is 9.14. The maximum Gasteiger partial charge on any atom is 0.357 e. The van der Waals surface area contributed by atoms with Gasteiger partial charge in [0, 0.05) is 24.8 Å². The summed E-state index contributed by atoms with van der Waals surface area (Å²) in [6.45, 7) is 2.97. The van der Waals surface area contributed by atoms with Crippen LogP contribution < -0.4 is 0 Å². The summed E-state index contributed by atoms with van der Waals surface area (Å²) in [6.07, 6.45) is 5.98. The maximum atomic E-state index is 14.4. The van der Waals surface area contributed by atoms with Gasteiger partial charge in [0.25, 0.3) is 5.91 Å². The molecule has 0 radical (unpaired) electrons. The summed E-state index contributed by atoms with van der Waals surface area (Å²) < 4.78 is 16.0. The first-order chi connectivity index (χ1) is 13.5. The van der Waals surface area contributed by atoms with Crippen LogP contribution >= 0.6 is 0 Å². The molecule has 0 bridgehead atoms. The van der Waals surface area contributed by atoms with E-state index >= 15 is 0 Å². The van der Waals surface area contributed by atoms with Gasteiger partial charge in [-0.05, 0) is 43.9 Å². The monoisotopic (exact) mass is 382 g/mol. The van der Waals surface area contributed by atoms with Gasteiger partial charge in [-0.25, -0.2) is 18.7 Å². The lowest BCUT2D eigenvalue weighted by Gasteiger charge is -2.26. The summed E-state index contributed by atoms with van der Waals surface area (Å²) in [5.74, 6) is -2.35. The minimum Gasteiger partial charge on any atom is -0.476 e. The van der Waals surface area contributed by atoms with E-state index in [0.29, 0.717) is 22.3 Å². The van der Waals surface area contributed by atoms with Crippen molar-refractivity contribution in [3.63, 3.8) is 0 Å². The maximum absolute atomic E-state index is 14.4. The van der Waals surface area contributed by atoms with Crippen LogP contribution in [0.25, 0.3) is 16.8 Å². The Morgan fingerprint density at radius 3 is 2.61 bits per heavy atom. The van der Waals surface area contributed by atoms with Crippen molar-refractivity contribution in [2.24, 2.45) is 0 Å². The molecule has 0 aliphatic carbocycles. The summed E-state index contributed by atoms with van der Waals surface area (Å²) >= 11 is 0. The number of carboxylic acid groups (broad SMARTS) is 1. The largest absolute Gasteiger partial charge is 0.476 e. The number of piperidine rings is 1. The molecular weight excluding hydrogens is 363 g/mol. The average molecular weight is 382 g/mol. The van der Waals surface area contributed by atoms with Crippen LogP contribution in [0.5, 0.6) is 0 Å². The Kier molecular flexibility index (Phi) is 4.54. The second kappa shape index (κ2) is 7.03. The van der Waals surface area contributed by atoms with Crippen LogP contribution in [0.2, 0.25) is 0 Å². The van der Waals surface area contributed by atoms with Crippen LogP contribution in [-0.2, 0) is 0 Å². The van der Waals surface area contributed by atoms with Gasteiger partial charge in [-0.15, -0.1) is 0 Å². The van der Waals surface area contributed by atoms with Crippen molar-refractivity contribution in [2.45, 2.75) is 26.2 Å². The molecule has 3 aromatic heterocycles. The highest BCUT2D eigenvalue weighted by Gasteiger charge is 2.23. The number of halogens is 1. The van der Waals surface area contributed by atoms with Crippen LogP contribution in [0.15, 0.2) is 30.6 Å². The van der Waals surface area contributed by atoms with Crippen molar-refractivity contribution in [1.82, 2.24) is 19.5 Å². The Hall–Kier alpha value is -3.29. The van der Waals surface area contributed by atoms with Crippen molar-refractivity contribution in [1.29, 1.82) is 0 Å². The zero-order valence-electron chi connectivity index (χ0n) is 15.4. The van der Waals surface area contributed by atoms with Gasteiger partial charge in [0.05, 0.1) is 23.0 Å². The normalized spacial score (nSPS) is 14.4. The van der Waals surface area contributed by atoms with Gasteiger partial charge >= 0.3 is 5.97 Å². The van der Waals surface area contributed by atoms with Gasteiger partial charge in [-0.2, -0.15) is 5.10 Å². The Bertz CT molecular complexity index is 1090. The molecule has 28 heavy (non-hydrogen) atoms. The standard InChI is InChI=1S/C20H19FN4O3/c1-12-13(10-22-18(17(12)21)20(27)28)15-6-5-7-16-14(11-23-25(15)16)19(26)24-8-3-2-4-9-24/h5-7,10-11H,2-4,8-9H2,1H3,(H,27,28). The fourth-order valence-electron chi connectivity index (χ4n) is 3.63. The number of hydrogen-bond donors (Lipinski definition) is 1. The fraction of sp³-hybridized carbons (Fsp3) is 0.300. The van der Waals surface area contributed by atoms with Crippen molar-refractivity contribution in [2.75, 3.05) is 13.1 Å². The lowest BCUT2D eigenvalue weighted by Crippen LogP contribution is -2.35. The second-order valence-corrected chi connectivity index (χ2v) is 6.88. The number of nitrogens with zero attached hydrogens (tertiary/aromatic N) is 4. The molecule has 1 N–H and O–H groups in total. The van der Waals surface area contributed by atoms with Crippen molar-refractivity contribution >= 4 is 17.4 Å². The van der Waals surface area contributed by atoms with E-state index < -0.39 is 17.5 Å². The molecule has 144 valence electrons. The third-order valence-corrected chi connectivity index (χ3v) is 5.16. The number of hydrogen-bond acceptors (Lipinski definition) is 4. The van der Waals surface area contributed by atoms with Crippen LogP contribution in [0.3, 0.4) is 0 Å². The van der Waals surface area contributed by atoms with Gasteiger partial charge in [-0.3, -0.25) is 4.79 Å². The quantitative estimate of drug-likeness (QED) is 0.752. The van der Waals surface area contributed by atoms with E-state index in [1.807, 2.05) is 4.90 Å². The molecule has 3 aromatic rings. The highest BCUT2D eigenvalue weighted by atomic mass is 19.1. The lowest BCUT2D eigenvalue weighted by atomic mass is 10.1. The van der Waals surface area contributed by atoms with E-state index in [9.17, 15) is 14.0 Å². The van der Waals surface area contributed by atoms with E-state index in [0.717, 1.165) is 32.4 Å².